The number of hydrogen-bond acceptors (Lipinski definition) is 3. The van der Waals surface area contributed by atoms with Crippen LogP contribution in [-0.2, 0) is 17.9 Å². The van der Waals surface area contributed by atoms with Crippen LogP contribution in [0.2, 0.25) is 0 Å². The van der Waals surface area contributed by atoms with Crippen LogP contribution in [0.25, 0.3) is 11.0 Å². The number of aromatic nitrogens is 2. The highest BCUT2D eigenvalue weighted by molar-refractivity contribution is 5.85. The molecule has 2 aromatic rings. The Labute approximate surface area is 160 Å². The summed E-state index contributed by atoms with van der Waals surface area (Å²) >= 11 is 0. The lowest BCUT2D eigenvalue weighted by Crippen LogP contribution is -2.41. The van der Waals surface area contributed by atoms with Crippen molar-refractivity contribution in [1.29, 1.82) is 0 Å². The number of carbonyl (C=O) groups excluding carboxylic acids is 1. The van der Waals surface area contributed by atoms with E-state index in [4.69, 9.17) is 0 Å². The molecule has 26 heavy (non-hydrogen) atoms. The van der Waals surface area contributed by atoms with Crippen LogP contribution in [0.5, 0.6) is 0 Å². The average molecular weight is 381 g/mol. The molecule has 144 valence electrons. The number of halogens is 1. The zero-order valence-corrected chi connectivity index (χ0v) is 16.4. The fraction of sp³-hybridized carbons (Fsp3) is 0.579. The minimum atomic E-state index is -0.0101. The molecule has 0 bridgehead atoms. The summed E-state index contributed by atoms with van der Waals surface area (Å²) in [5, 5.41) is 3.17. The normalized spacial score (nSPS) is 16.8. The molecule has 0 spiro atoms. The van der Waals surface area contributed by atoms with Gasteiger partial charge in [0.2, 0.25) is 5.91 Å². The number of rotatable bonds is 7. The Bertz CT molecular complexity index is 798. The van der Waals surface area contributed by atoms with E-state index in [1.165, 1.54) is 0 Å². The van der Waals surface area contributed by atoms with Crippen molar-refractivity contribution >= 4 is 29.3 Å². The van der Waals surface area contributed by atoms with Crippen molar-refractivity contribution in [3.8, 4) is 0 Å². The van der Waals surface area contributed by atoms with Crippen molar-refractivity contribution < 1.29 is 4.79 Å². The van der Waals surface area contributed by atoms with Gasteiger partial charge in [-0.3, -0.25) is 13.9 Å². The number of para-hydroxylation sites is 2. The second-order valence-electron chi connectivity index (χ2n) is 6.77. The third-order valence-corrected chi connectivity index (χ3v) is 5.06. The topological polar surface area (TPSA) is 59.3 Å². The minimum absolute atomic E-state index is 0. The van der Waals surface area contributed by atoms with Crippen LogP contribution in [0.4, 0.5) is 0 Å². The molecule has 3 rings (SSSR count). The Balaban J connectivity index is 0.00000243. The van der Waals surface area contributed by atoms with E-state index in [1.54, 1.807) is 4.57 Å². The van der Waals surface area contributed by atoms with Crippen molar-refractivity contribution in [2.75, 3.05) is 20.1 Å². The zero-order chi connectivity index (χ0) is 17.8. The first-order chi connectivity index (χ1) is 12.2. The number of hydrogen-bond donors (Lipinski definition) is 1. The SMILES string of the molecule is CCCn1c(=O)n(CCC(=O)N2CCCC2CNC)c2ccccc21.Cl. The number of fused-ring (bicyclic) bond motifs is 1. The van der Waals surface area contributed by atoms with Crippen LogP contribution < -0.4 is 11.0 Å². The molecular weight excluding hydrogens is 352 g/mol. The minimum Gasteiger partial charge on any atom is -0.338 e. The van der Waals surface area contributed by atoms with E-state index < -0.39 is 0 Å². The van der Waals surface area contributed by atoms with E-state index >= 15 is 0 Å². The monoisotopic (exact) mass is 380 g/mol. The number of imidazole rings is 1. The summed E-state index contributed by atoms with van der Waals surface area (Å²) in [6, 6.07) is 8.13. The molecule has 7 heteroatoms. The summed E-state index contributed by atoms with van der Waals surface area (Å²) in [5.41, 5.74) is 1.86. The lowest BCUT2D eigenvalue weighted by molar-refractivity contribution is -0.132. The number of carbonyl (C=O) groups is 1. The van der Waals surface area contributed by atoms with Crippen LogP contribution in [0.3, 0.4) is 0 Å². The van der Waals surface area contributed by atoms with E-state index in [9.17, 15) is 9.59 Å². The molecule has 0 saturated carbocycles. The van der Waals surface area contributed by atoms with Gasteiger partial charge in [0.05, 0.1) is 11.0 Å². The van der Waals surface area contributed by atoms with E-state index in [0.717, 1.165) is 43.4 Å². The van der Waals surface area contributed by atoms with Gasteiger partial charge in [-0.15, -0.1) is 12.4 Å². The van der Waals surface area contributed by atoms with E-state index in [0.29, 0.717) is 19.5 Å². The molecule has 1 aromatic heterocycles. The Morgan fingerprint density at radius 3 is 2.46 bits per heavy atom. The molecule has 0 aliphatic carbocycles. The van der Waals surface area contributed by atoms with Crippen LogP contribution >= 0.6 is 12.4 Å². The maximum Gasteiger partial charge on any atom is 0.329 e. The third kappa shape index (κ3) is 3.96. The number of likely N-dealkylation sites (tertiary alicyclic amines) is 1. The molecule has 1 aliphatic heterocycles. The maximum atomic E-state index is 12.8. The molecule has 1 unspecified atom stereocenters. The molecule has 1 fully saturated rings. The first kappa shape index (κ1) is 20.5. The summed E-state index contributed by atoms with van der Waals surface area (Å²) in [7, 11) is 1.92. The largest absolute Gasteiger partial charge is 0.338 e. The molecule has 1 amide bonds. The van der Waals surface area contributed by atoms with E-state index in [2.05, 4.69) is 12.2 Å². The van der Waals surface area contributed by atoms with Crippen molar-refractivity contribution in [2.45, 2.75) is 51.7 Å². The molecular formula is C19H29ClN4O2. The van der Waals surface area contributed by atoms with Gasteiger partial charge in [-0.25, -0.2) is 4.79 Å². The predicted molar refractivity (Wildman–Crippen MR) is 107 cm³/mol. The van der Waals surface area contributed by atoms with Crippen molar-refractivity contribution in [2.24, 2.45) is 0 Å². The third-order valence-electron chi connectivity index (χ3n) is 5.06. The highest BCUT2D eigenvalue weighted by atomic mass is 35.5. The van der Waals surface area contributed by atoms with Gasteiger partial charge in [0.15, 0.2) is 0 Å². The summed E-state index contributed by atoms with van der Waals surface area (Å²) in [4.78, 5) is 27.4. The van der Waals surface area contributed by atoms with Gasteiger partial charge in [0, 0.05) is 38.6 Å². The molecule has 1 N–H and O–H groups in total. The van der Waals surface area contributed by atoms with Crippen molar-refractivity contribution in [1.82, 2.24) is 19.4 Å². The average Bonchev–Trinajstić information content (AvgIpc) is 3.18. The Hall–Kier alpha value is -1.79. The van der Waals surface area contributed by atoms with Crippen LogP contribution in [0, 0.1) is 0 Å². The maximum absolute atomic E-state index is 12.8. The van der Waals surface area contributed by atoms with Gasteiger partial charge in [-0.05, 0) is 38.4 Å². The Morgan fingerprint density at radius 2 is 1.85 bits per heavy atom. The zero-order valence-electron chi connectivity index (χ0n) is 15.6. The molecule has 2 heterocycles. The molecule has 1 atom stereocenters. The van der Waals surface area contributed by atoms with Crippen molar-refractivity contribution in [3.63, 3.8) is 0 Å². The molecule has 1 saturated heterocycles. The van der Waals surface area contributed by atoms with Gasteiger partial charge in [0.1, 0.15) is 0 Å². The molecule has 1 aromatic carbocycles. The number of amides is 1. The summed E-state index contributed by atoms with van der Waals surface area (Å²) in [6.45, 7) is 4.88. The number of aryl methyl sites for hydroxylation is 2. The number of benzene rings is 1. The number of nitrogens with zero attached hydrogens (tertiary/aromatic N) is 3. The Kier molecular flexibility index (Phi) is 7.29. The molecule has 6 nitrogen and oxygen atoms in total. The van der Waals surface area contributed by atoms with E-state index in [1.807, 2.05) is 40.8 Å². The fourth-order valence-corrected chi connectivity index (χ4v) is 3.89. The lowest BCUT2D eigenvalue weighted by Gasteiger charge is -2.24. The number of nitrogens with one attached hydrogen (secondary N) is 1. The first-order valence-corrected chi connectivity index (χ1v) is 9.29. The van der Waals surface area contributed by atoms with Gasteiger partial charge in [-0.2, -0.15) is 0 Å². The summed E-state index contributed by atoms with van der Waals surface area (Å²) < 4.78 is 3.57. The quantitative estimate of drug-likeness (QED) is 0.801. The lowest BCUT2D eigenvalue weighted by atomic mass is 10.2. The number of likely N-dealkylation sites (N-methyl/N-ethyl adjacent to an activating group) is 1. The van der Waals surface area contributed by atoms with Crippen molar-refractivity contribution in [3.05, 3.63) is 34.7 Å². The summed E-state index contributed by atoms with van der Waals surface area (Å²) in [5.74, 6) is 0.150. The van der Waals surface area contributed by atoms with Gasteiger partial charge in [-0.1, -0.05) is 19.1 Å². The second kappa shape index (κ2) is 9.24. The molecule has 0 radical (unpaired) electrons. The van der Waals surface area contributed by atoms with Crippen LogP contribution in [-0.4, -0.2) is 46.1 Å². The van der Waals surface area contributed by atoms with Crippen LogP contribution in [0.15, 0.2) is 29.1 Å². The standard InChI is InChI=1S/C19H28N4O2.ClH/c1-3-11-22-16-8-4-5-9-17(16)23(19(22)25)13-10-18(24)21-12-6-7-15(21)14-20-2;/h4-5,8-9,15,20H,3,6-7,10-14H2,1-2H3;1H. The van der Waals surface area contributed by atoms with Crippen LogP contribution in [0.1, 0.15) is 32.6 Å². The van der Waals surface area contributed by atoms with Gasteiger partial charge in [0.25, 0.3) is 0 Å². The smallest absolute Gasteiger partial charge is 0.329 e. The first-order valence-electron chi connectivity index (χ1n) is 9.29. The second-order valence-corrected chi connectivity index (χ2v) is 6.77. The predicted octanol–water partition coefficient (Wildman–Crippen LogP) is 2.24. The van der Waals surface area contributed by atoms with Gasteiger partial charge < -0.3 is 10.2 Å². The Morgan fingerprint density at radius 1 is 1.19 bits per heavy atom. The van der Waals surface area contributed by atoms with E-state index in [-0.39, 0.29) is 30.0 Å². The van der Waals surface area contributed by atoms with Gasteiger partial charge >= 0.3 is 5.69 Å². The highest BCUT2D eigenvalue weighted by Crippen LogP contribution is 2.19. The molecule has 1 aliphatic rings. The summed E-state index contributed by atoms with van der Waals surface area (Å²) in [6.07, 6.45) is 3.41. The highest BCUT2D eigenvalue weighted by Gasteiger charge is 2.27. The fourth-order valence-electron chi connectivity index (χ4n) is 3.89.